The van der Waals surface area contributed by atoms with Crippen molar-refractivity contribution in [3.8, 4) is 0 Å². The van der Waals surface area contributed by atoms with E-state index in [9.17, 15) is 9.50 Å². The summed E-state index contributed by atoms with van der Waals surface area (Å²) in [6, 6.07) is 0. The minimum atomic E-state index is -1.67. The van der Waals surface area contributed by atoms with Crippen molar-refractivity contribution in [2.45, 2.75) is 31.5 Å². The van der Waals surface area contributed by atoms with Gasteiger partial charge in [0.1, 0.15) is 18.0 Å². The summed E-state index contributed by atoms with van der Waals surface area (Å²) in [6.07, 6.45) is -3.69. The van der Waals surface area contributed by atoms with Gasteiger partial charge in [0.25, 0.3) is 0 Å². The molecule has 1 fully saturated rings. The van der Waals surface area contributed by atoms with Gasteiger partial charge >= 0.3 is 0 Å². The van der Waals surface area contributed by atoms with E-state index in [0.29, 0.717) is 22.8 Å². The van der Waals surface area contributed by atoms with Crippen LogP contribution in [0.1, 0.15) is 12.1 Å². The maximum Gasteiger partial charge on any atom is 0.173 e. The molecule has 1 aliphatic heterocycles. The predicted octanol–water partition coefficient (Wildman–Crippen LogP) is -0.211. The largest absolute Gasteiger partial charge is 0.394 e. The summed E-state index contributed by atoms with van der Waals surface area (Å²) in [5, 5.41) is 18.9. The van der Waals surface area contributed by atoms with Gasteiger partial charge in [-0.25, -0.2) is 19.3 Å². The Kier molecular flexibility index (Phi) is 3.71. The van der Waals surface area contributed by atoms with Crippen molar-refractivity contribution < 1.29 is 19.3 Å². The van der Waals surface area contributed by atoms with Gasteiger partial charge in [0, 0.05) is 14.1 Å². The molecule has 2 aromatic rings. The maximum atomic E-state index is 14.3. The van der Waals surface area contributed by atoms with Crippen LogP contribution >= 0.6 is 0 Å². The van der Waals surface area contributed by atoms with Crippen LogP contribution in [0.5, 0.6) is 0 Å². The number of ether oxygens (including phenoxy) is 1. The topological polar surface area (TPSA) is 96.5 Å². The maximum absolute atomic E-state index is 14.3. The number of fused-ring (bicyclic) bond motifs is 1. The number of halogens is 1. The van der Waals surface area contributed by atoms with E-state index < -0.39 is 31.2 Å². The molecule has 2 aromatic heterocycles. The number of imidazole rings is 1. The number of aryl methyl sites for hydroxylation is 1. The van der Waals surface area contributed by atoms with Crippen molar-refractivity contribution in [2.24, 2.45) is 0 Å². The minimum Gasteiger partial charge on any atom is -0.394 e. The number of aromatic nitrogens is 4. The summed E-state index contributed by atoms with van der Waals surface area (Å²) >= 11 is 0. The van der Waals surface area contributed by atoms with Gasteiger partial charge in [-0.1, -0.05) is 0 Å². The van der Waals surface area contributed by atoms with Crippen LogP contribution in [0.4, 0.5) is 10.2 Å². The van der Waals surface area contributed by atoms with Crippen LogP contribution in [0.2, 0.25) is 0 Å². The molecule has 0 amide bonds. The van der Waals surface area contributed by atoms with Crippen molar-refractivity contribution in [1.29, 1.82) is 0 Å². The van der Waals surface area contributed by atoms with Gasteiger partial charge in [-0.2, -0.15) is 0 Å². The summed E-state index contributed by atoms with van der Waals surface area (Å²) in [7, 11) is 3.66. The van der Waals surface area contributed by atoms with E-state index in [1.165, 1.54) is 10.9 Å². The summed E-state index contributed by atoms with van der Waals surface area (Å²) in [5.74, 6) is 1.14. The normalized spacial score (nSPS) is 28.5. The third kappa shape index (κ3) is 2.21. The average Bonchev–Trinajstić information content (AvgIpc) is 3.00. The van der Waals surface area contributed by atoms with Crippen LogP contribution in [-0.2, 0) is 4.74 Å². The monoisotopic (exact) mass is 311 g/mol. The first-order valence-electron chi connectivity index (χ1n) is 6.91. The molecule has 0 aromatic carbocycles. The Morgan fingerprint density at radius 2 is 2.14 bits per heavy atom. The molecule has 1 saturated heterocycles. The predicted molar refractivity (Wildman–Crippen MR) is 76.3 cm³/mol. The minimum absolute atomic E-state index is 0.426. The quantitative estimate of drug-likeness (QED) is 0.809. The number of aliphatic hydroxyl groups excluding tert-OH is 2. The highest BCUT2D eigenvalue weighted by molar-refractivity contribution is 5.83. The van der Waals surface area contributed by atoms with Crippen LogP contribution in [0.3, 0.4) is 0 Å². The van der Waals surface area contributed by atoms with E-state index in [2.05, 4.69) is 15.0 Å². The third-order valence-corrected chi connectivity index (χ3v) is 3.69. The molecule has 0 aliphatic carbocycles. The fourth-order valence-electron chi connectivity index (χ4n) is 2.58. The van der Waals surface area contributed by atoms with Crippen LogP contribution in [0, 0.1) is 6.92 Å². The number of rotatable bonds is 3. The van der Waals surface area contributed by atoms with Gasteiger partial charge in [0.2, 0.25) is 0 Å². The van der Waals surface area contributed by atoms with Gasteiger partial charge < -0.3 is 19.8 Å². The first kappa shape index (κ1) is 15.1. The van der Waals surface area contributed by atoms with Gasteiger partial charge in [-0.3, -0.25) is 4.57 Å². The third-order valence-electron chi connectivity index (χ3n) is 3.69. The van der Waals surface area contributed by atoms with E-state index in [1.807, 2.05) is 14.1 Å². The highest BCUT2D eigenvalue weighted by Crippen LogP contribution is 2.34. The van der Waals surface area contributed by atoms with E-state index in [4.69, 9.17) is 9.84 Å². The Balaban J connectivity index is 2.09. The number of hydrogen-bond acceptors (Lipinski definition) is 7. The Labute approximate surface area is 126 Å². The second-order valence-electron chi connectivity index (χ2n) is 5.50. The number of anilines is 1. The molecule has 1 aliphatic rings. The van der Waals surface area contributed by atoms with E-state index in [0.717, 1.165) is 0 Å². The van der Waals surface area contributed by atoms with Crippen molar-refractivity contribution in [3.63, 3.8) is 0 Å². The Morgan fingerprint density at radius 1 is 1.41 bits per heavy atom. The molecule has 120 valence electrons. The zero-order valence-corrected chi connectivity index (χ0v) is 12.5. The van der Waals surface area contributed by atoms with Crippen molar-refractivity contribution in [1.82, 2.24) is 19.5 Å². The van der Waals surface area contributed by atoms with Gasteiger partial charge in [0.15, 0.2) is 29.4 Å². The molecule has 2 N–H and O–H groups in total. The molecule has 3 heterocycles. The molecular weight excluding hydrogens is 293 g/mol. The fourth-order valence-corrected chi connectivity index (χ4v) is 2.58. The van der Waals surface area contributed by atoms with Gasteiger partial charge in [-0.15, -0.1) is 0 Å². The van der Waals surface area contributed by atoms with Crippen molar-refractivity contribution in [3.05, 3.63) is 12.2 Å². The second kappa shape index (κ2) is 5.41. The lowest BCUT2D eigenvalue weighted by Crippen LogP contribution is -2.30. The second-order valence-corrected chi connectivity index (χ2v) is 5.50. The van der Waals surface area contributed by atoms with Crippen molar-refractivity contribution >= 4 is 17.0 Å². The molecule has 0 unspecified atom stereocenters. The smallest absolute Gasteiger partial charge is 0.173 e. The van der Waals surface area contributed by atoms with Crippen LogP contribution in [0.15, 0.2) is 6.33 Å². The Bertz CT molecular complexity index is 692. The molecule has 22 heavy (non-hydrogen) atoms. The zero-order chi connectivity index (χ0) is 16.0. The lowest BCUT2D eigenvalue weighted by molar-refractivity contribution is -0.0459. The number of alkyl halides is 1. The molecule has 4 atom stereocenters. The molecule has 9 heteroatoms. The Morgan fingerprint density at radius 3 is 2.73 bits per heavy atom. The first-order valence-corrected chi connectivity index (χ1v) is 6.91. The Hall–Kier alpha value is -1.84. The molecule has 0 bridgehead atoms. The number of aliphatic hydroxyl groups is 2. The molecule has 3 rings (SSSR count). The first-order chi connectivity index (χ1) is 10.4. The van der Waals surface area contributed by atoms with Gasteiger partial charge in [-0.05, 0) is 6.92 Å². The number of nitrogens with zero attached hydrogens (tertiary/aromatic N) is 5. The molecule has 0 saturated carbocycles. The van der Waals surface area contributed by atoms with Crippen LogP contribution in [-0.4, -0.2) is 68.8 Å². The van der Waals surface area contributed by atoms with Gasteiger partial charge in [0.05, 0.1) is 12.9 Å². The molecular formula is C13H18FN5O3. The van der Waals surface area contributed by atoms with E-state index in [1.54, 1.807) is 11.8 Å². The fraction of sp³-hybridized carbons (Fsp3) is 0.615. The summed E-state index contributed by atoms with van der Waals surface area (Å²) in [4.78, 5) is 14.7. The average molecular weight is 311 g/mol. The summed E-state index contributed by atoms with van der Waals surface area (Å²) in [5.41, 5.74) is 0.947. The van der Waals surface area contributed by atoms with Crippen LogP contribution in [0.25, 0.3) is 11.2 Å². The van der Waals surface area contributed by atoms with Crippen molar-refractivity contribution in [2.75, 3.05) is 25.6 Å². The SMILES string of the molecule is Cc1nc(N(C)C)c2ncn([C@@H]3O[C@H](CO)[C@@H](O)[C@H]3F)c2n1. The highest BCUT2D eigenvalue weighted by atomic mass is 19.1. The zero-order valence-electron chi connectivity index (χ0n) is 12.5. The standard InChI is InChI=1S/C13H18FN5O3/c1-6-16-11(18(2)3)9-12(17-6)19(5-15-9)13-8(14)10(21)7(4-20)22-13/h5,7-8,10,13,20-21H,4H2,1-3H3/t7-,8-,10-,13-/m1/s1. The van der Waals surface area contributed by atoms with E-state index in [-0.39, 0.29) is 0 Å². The summed E-state index contributed by atoms with van der Waals surface area (Å²) in [6.45, 7) is 1.28. The van der Waals surface area contributed by atoms with E-state index >= 15 is 0 Å². The lowest BCUT2D eigenvalue weighted by atomic mass is 10.1. The molecule has 8 nitrogen and oxygen atoms in total. The van der Waals surface area contributed by atoms with Crippen LogP contribution < -0.4 is 4.90 Å². The molecule has 0 radical (unpaired) electrons. The lowest BCUT2D eigenvalue weighted by Gasteiger charge is -2.16. The number of hydrogen-bond donors (Lipinski definition) is 2. The highest BCUT2D eigenvalue weighted by Gasteiger charge is 2.45. The molecule has 0 spiro atoms. The summed E-state index contributed by atoms with van der Waals surface area (Å²) < 4.78 is 21.1.